The monoisotopic (exact) mass is 402 g/mol. The number of fused-ring (bicyclic) bond motifs is 2. The van der Waals surface area contributed by atoms with Gasteiger partial charge in [-0.05, 0) is 42.3 Å². The highest BCUT2D eigenvalue weighted by Gasteiger charge is 2.47. The highest BCUT2D eigenvalue weighted by molar-refractivity contribution is 9.10. The summed E-state index contributed by atoms with van der Waals surface area (Å²) in [6, 6.07) is 11.1. The first-order valence-electron chi connectivity index (χ1n) is 8.00. The molecule has 0 bridgehead atoms. The maximum Gasteiger partial charge on any atom is 0.317 e. The average molecular weight is 403 g/mol. The Morgan fingerprint density at radius 1 is 1.20 bits per heavy atom. The summed E-state index contributed by atoms with van der Waals surface area (Å²) in [6.45, 7) is 2.10. The summed E-state index contributed by atoms with van der Waals surface area (Å²) < 4.78 is 16.9. The van der Waals surface area contributed by atoms with Gasteiger partial charge in [-0.3, -0.25) is 9.59 Å². The molecule has 6 heteroatoms. The zero-order valence-electron chi connectivity index (χ0n) is 13.5. The molecule has 2 aliphatic rings. The Bertz CT molecular complexity index is 859. The molecule has 2 atom stereocenters. The number of benzene rings is 2. The molecule has 1 aliphatic heterocycles. The topological polar surface area (TPSA) is 61.8 Å². The summed E-state index contributed by atoms with van der Waals surface area (Å²) >= 11 is 3.41. The van der Waals surface area contributed by atoms with Crippen molar-refractivity contribution in [1.29, 1.82) is 0 Å². The van der Waals surface area contributed by atoms with Crippen LogP contribution in [0.3, 0.4) is 0 Å². The maximum absolute atomic E-state index is 13.0. The van der Waals surface area contributed by atoms with E-state index in [0.717, 1.165) is 15.6 Å². The minimum atomic E-state index is -0.890. The number of halogens is 1. The van der Waals surface area contributed by atoms with Crippen molar-refractivity contribution in [1.82, 2.24) is 0 Å². The van der Waals surface area contributed by atoms with Gasteiger partial charge in [-0.25, -0.2) is 0 Å². The van der Waals surface area contributed by atoms with Gasteiger partial charge in [-0.1, -0.05) is 28.1 Å². The predicted octanol–water partition coefficient (Wildman–Crippen LogP) is 3.69. The number of carbonyl (C=O) groups is 2. The number of esters is 1. The van der Waals surface area contributed by atoms with Gasteiger partial charge in [-0.15, -0.1) is 0 Å². The van der Waals surface area contributed by atoms with Crippen LogP contribution in [0.4, 0.5) is 0 Å². The quantitative estimate of drug-likeness (QED) is 0.578. The summed E-state index contributed by atoms with van der Waals surface area (Å²) in [5.74, 6) is -0.898. The number of ether oxygens (including phenoxy) is 3. The van der Waals surface area contributed by atoms with Gasteiger partial charge in [0.2, 0.25) is 6.79 Å². The van der Waals surface area contributed by atoms with Crippen LogP contribution in [0.5, 0.6) is 11.5 Å². The van der Waals surface area contributed by atoms with Crippen LogP contribution in [0, 0.1) is 5.92 Å². The summed E-state index contributed by atoms with van der Waals surface area (Å²) in [4.78, 5) is 25.5. The maximum atomic E-state index is 13.0. The van der Waals surface area contributed by atoms with Gasteiger partial charge in [0.25, 0.3) is 0 Å². The zero-order chi connectivity index (χ0) is 17.6. The largest absolute Gasteiger partial charge is 0.465 e. The number of ketones is 1. The van der Waals surface area contributed by atoms with E-state index in [1.165, 1.54) is 0 Å². The first kappa shape index (κ1) is 16.1. The van der Waals surface area contributed by atoms with Gasteiger partial charge in [0.05, 0.1) is 6.61 Å². The van der Waals surface area contributed by atoms with Crippen LogP contribution >= 0.6 is 15.9 Å². The Morgan fingerprint density at radius 2 is 1.88 bits per heavy atom. The van der Waals surface area contributed by atoms with Crippen LogP contribution in [0.1, 0.15) is 34.3 Å². The molecule has 0 amide bonds. The molecule has 1 aliphatic carbocycles. The van der Waals surface area contributed by atoms with Gasteiger partial charge in [-0.2, -0.15) is 0 Å². The Kier molecular flexibility index (Phi) is 4.00. The van der Waals surface area contributed by atoms with Crippen molar-refractivity contribution in [2.45, 2.75) is 12.8 Å². The molecule has 1 heterocycles. The minimum Gasteiger partial charge on any atom is -0.465 e. The standard InChI is InChI=1S/C19H15BrO5/c1-2-23-19(22)17-16(10-3-5-11(20)6-4-10)12-7-14-15(25-9-24-14)8-13(12)18(17)21/h3-8,16-17H,2,9H2,1H3/t16-,17+/m1/s1. The lowest BCUT2D eigenvalue weighted by Crippen LogP contribution is -2.27. The van der Waals surface area contributed by atoms with E-state index in [9.17, 15) is 9.59 Å². The lowest BCUT2D eigenvalue weighted by atomic mass is 9.85. The van der Waals surface area contributed by atoms with Crippen molar-refractivity contribution >= 4 is 27.7 Å². The normalized spacial score (nSPS) is 20.5. The first-order chi connectivity index (χ1) is 12.1. The Hall–Kier alpha value is -2.34. The van der Waals surface area contributed by atoms with Crippen LogP contribution < -0.4 is 9.47 Å². The lowest BCUT2D eigenvalue weighted by Gasteiger charge is -2.18. The summed E-state index contributed by atoms with van der Waals surface area (Å²) in [5, 5.41) is 0. The highest BCUT2D eigenvalue weighted by atomic mass is 79.9. The van der Waals surface area contributed by atoms with Gasteiger partial charge in [0.1, 0.15) is 5.92 Å². The summed E-state index contributed by atoms with van der Waals surface area (Å²) in [6.07, 6.45) is 0. The molecule has 2 aromatic rings. The van der Waals surface area contributed by atoms with E-state index in [0.29, 0.717) is 17.1 Å². The molecule has 0 N–H and O–H groups in total. The molecule has 0 unspecified atom stereocenters. The number of hydrogen-bond donors (Lipinski definition) is 0. The van der Waals surface area contributed by atoms with E-state index >= 15 is 0 Å². The van der Waals surface area contributed by atoms with E-state index < -0.39 is 17.8 Å². The molecule has 128 valence electrons. The van der Waals surface area contributed by atoms with Crippen LogP contribution in [0.2, 0.25) is 0 Å². The number of rotatable bonds is 3. The fraction of sp³-hybridized carbons (Fsp3) is 0.263. The van der Waals surface area contributed by atoms with E-state index in [1.54, 1.807) is 13.0 Å². The molecule has 0 fully saturated rings. The second-order valence-electron chi connectivity index (χ2n) is 5.92. The van der Waals surface area contributed by atoms with Crippen molar-refractivity contribution in [2.24, 2.45) is 5.92 Å². The van der Waals surface area contributed by atoms with Crippen molar-refractivity contribution in [2.75, 3.05) is 13.4 Å². The second kappa shape index (κ2) is 6.19. The first-order valence-corrected chi connectivity index (χ1v) is 8.79. The number of carbonyl (C=O) groups excluding carboxylic acids is 2. The van der Waals surface area contributed by atoms with Crippen LogP contribution in [-0.4, -0.2) is 25.2 Å². The molecule has 0 radical (unpaired) electrons. The zero-order valence-corrected chi connectivity index (χ0v) is 15.0. The van der Waals surface area contributed by atoms with Crippen molar-refractivity contribution in [3.8, 4) is 11.5 Å². The molecule has 0 saturated carbocycles. The predicted molar refractivity (Wildman–Crippen MR) is 93.0 cm³/mol. The van der Waals surface area contributed by atoms with Crippen molar-refractivity contribution in [3.05, 3.63) is 57.6 Å². The van der Waals surface area contributed by atoms with Crippen molar-refractivity contribution < 1.29 is 23.8 Å². The van der Waals surface area contributed by atoms with E-state index in [4.69, 9.17) is 14.2 Å². The fourth-order valence-corrected chi connectivity index (χ4v) is 3.71. The summed E-state index contributed by atoms with van der Waals surface area (Å²) in [5.41, 5.74) is 2.15. The van der Waals surface area contributed by atoms with Crippen molar-refractivity contribution in [3.63, 3.8) is 0 Å². The molecule has 0 saturated heterocycles. The molecule has 2 aromatic carbocycles. The summed E-state index contributed by atoms with van der Waals surface area (Å²) in [7, 11) is 0. The molecule has 5 nitrogen and oxygen atoms in total. The minimum absolute atomic E-state index is 0.136. The highest BCUT2D eigenvalue weighted by Crippen LogP contribution is 2.48. The molecule has 0 spiro atoms. The molecule has 4 rings (SSSR count). The average Bonchev–Trinajstić information content (AvgIpc) is 3.16. The smallest absolute Gasteiger partial charge is 0.317 e. The fourth-order valence-electron chi connectivity index (χ4n) is 3.44. The van der Waals surface area contributed by atoms with Gasteiger partial charge < -0.3 is 14.2 Å². The Balaban J connectivity index is 1.86. The molecular weight excluding hydrogens is 388 g/mol. The third kappa shape index (κ3) is 2.61. The third-order valence-electron chi connectivity index (χ3n) is 4.53. The molecule has 25 heavy (non-hydrogen) atoms. The third-order valence-corrected chi connectivity index (χ3v) is 5.06. The lowest BCUT2D eigenvalue weighted by molar-refractivity contribution is -0.146. The number of Topliss-reactive ketones (excluding diaryl/α,β-unsaturated/α-hetero) is 1. The SMILES string of the molecule is CCOC(=O)[C@@H]1C(=O)c2cc3c(cc2[C@H]1c1ccc(Br)cc1)OCO3. The van der Waals surface area contributed by atoms with Crippen LogP contribution in [-0.2, 0) is 9.53 Å². The van der Waals surface area contributed by atoms with Crippen LogP contribution in [0.15, 0.2) is 40.9 Å². The number of hydrogen-bond acceptors (Lipinski definition) is 5. The van der Waals surface area contributed by atoms with Gasteiger partial charge in [0.15, 0.2) is 17.3 Å². The second-order valence-corrected chi connectivity index (χ2v) is 6.83. The van der Waals surface area contributed by atoms with E-state index in [1.807, 2.05) is 30.3 Å². The van der Waals surface area contributed by atoms with Crippen LogP contribution in [0.25, 0.3) is 0 Å². The van der Waals surface area contributed by atoms with Gasteiger partial charge in [0, 0.05) is 16.0 Å². The van der Waals surface area contributed by atoms with E-state index in [2.05, 4.69) is 15.9 Å². The molecule has 0 aromatic heterocycles. The molecular formula is C19H15BrO5. The van der Waals surface area contributed by atoms with E-state index in [-0.39, 0.29) is 19.2 Å². The Morgan fingerprint density at radius 3 is 2.56 bits per heavy atom. The van der Waals surface area contributed by atoms with Gasteiger partial charge >= 0.3 is 5.97 Å². The Labute approximate surface area is 153 Å².